The summed E-state index contributed by atoms with van der Waals surface area (Å²) in [6.45, 7) is 3.24. The van der Waals surface area contributed by atoms with Crippen LogP contribution in [0.1, 0.15) is 12.8 Å². The van der Waals surface area contributed by atoms with Crippen LogP contribution in [0.5, 0.6) is 0 Å². The lowest BCUT2D eigenvalue weighted by Gasteiger charge is -2.30. The van der Waals surface area contributed by atoms with Crippen LogP contribution in [0, 0.1) is 0 Å². The molecule has 1 aliphatic heterocycles. The summed E-state index contributed by atoms with van der Waals surface area (Å²) in [4.78, 5) is 13.9. The van der Waals surface area contributed by atoms with Crippen LogP contribution in [-0.2, 0) is 4.79 Å². The van der Waals surface area contributed by atoms with Crippen molar-refractivity contribution in [2.24, 2.45) is 0 Å². The summed E-state index contributed by atoms with van der Waals surface area (Å²) < 4.78 is 0. The fourth-order valence-corrected chi connectivity index (χ4v) is 1.81. The molecule has 1 saturated heterocycles. The second-order valence-electron chi connectivity index (χ2n) is 3.80. The van der Waals surface area contributed by atoms with Crippen molar-refractivity contribution in [3.63, 3.8) is 0 Å². The Balaban J connectivity index is 1.95. The number of likely N-dealkylation sites (N-methyl/N-ethyl adjacent to an activating group) is 1. The van der Waals surface area contributed by atoms with E-state index in [2.05, 4.69) is 10.6 Å². The molecule has 0 bridgehead atoms. The number of hydrogen-bond acceptors (Lipinski definition) is 2. The van der Waals surface area contributed by atoms with Crippen molar-refractivity contribution in [2.75, 3.05) is 33.2 Å². The molecule has 0 aromatic rings. The summed E-state index contributed by atoms with van der Waals surface area (Å²) in [7, 11) is 1.87. The molecule has 0 unspecified atom stereocenters. The van der Waals surface area contributed by atoms with Gasteiger partial charge in [-0.25, -0.2) is 5.32 Å². The number of nitrogens with zero attached hydrogens (tertiary/aromatic N) is 2. The van der Waals surface area contributed by atoms with Gasteiger partial charge >= 0.3 is 0 Å². The molecule has 0 atom stereocenters. The number of nitrogens with one attached hydrogen (secondary N) is 1. The Morgan fingerprint density at radius 2 is 2.00 bits per heavy atom. The van der Waals surface area contributed by atoms with Gasteiger partial charge in [0.15, 0.2) is 0 Å². The molecule has 4 nitrogen and oxygen atoms in total. The summed E-state index contributed by atoms with van der Waals surface area (Å²) in [5.41, 5.74) is -0.197. The smallest absolute Gasteiger partial charge is 0.242 e. The van der Waals surface area contributed by atoms with Crippen LogP contribution in [-0.4, -0.2) is 49.6 Å². The van der Waals surface area contributed by atoms with Gasteiger partial charge in [-0.3, -0.25) is 4.79 Å². The molecule has 2 fully saturated rings. The molecular weight excluding hydrogens is 166 g/mol. The Morgan fingerprint density at radius 3 is 2.46 bits per heavy atom. The van der Waals surface area contributed by atoms with Gasteiger partial charge in [0.05, 0.1) is 5.54 Å². The van der Waals surface area contributed by atoms with E-state index < -0.39 is 0 Å². The first kappa shape index (κ1) is 8.97. The highest BCUT2D eigenvalue weighted by atomic mass is 16.2. The minimum absolute atomic E-state index is 0.197. The lowest BCUT2D eigenvalue weighted by Crippen LogP contribution is -2.52. The number of amides is 1. The van der Waals surface area contributed by atoms with E-state index in [1.54, 1.807) is 0 Å². The van der Waals surface area contributed by atoms with Crippen LogP contribution < -0.4 is 10.6 Å². The third-order valence-electron chi connectivity index (χ3n) is 2.98. The molecule has 2 rings (SSSR count). The molecule has 13 heavy (non-hydrogen) atoms. The highest BCUT2D eigenvalue weighted by Gasteiger charge is 2.50. The van der Waals surface area contributed by atoms with Gasteiger partial charge in [0.2, 0.25) is 5.91 Å². The van der Waals surface area contributed by atoms with E-state index >= 15 is 0 Å². The summed E-state index contributed by atoms with van der Waals surface area (Å²) in [5, 5.41) is 7.35. The molecule has 73 valence electrons. The van der Waals surface area contributed by atoms with Crippen molar-refractivity contribution < 1.29 is 4.79 Å². The predicted molar refractivity (Wildman–Crippen MR) is 49.5 cm³/mol. The summed E-state index contributed by atoms with van der Waals surface area (Å²) in [5.74, 6) is 0.282. The van der Waals surface area contributed by atoms with Crippen molar-refractivity contribution in [3.05, 3.63) is 0 Å². The number of piperazine rings is 1. The Kier molecular flexibility index (Phi) is 2.26. The Labute approximate surface area is 78.7 Å². The monoisotopic (exact) mass is 182 g/mol. The van der Waals surface area contributed by atoms with Crippen LogP contribution in [0.15, 0.2) is 0 Å². The zero-order chi connectivity index (χ0) is 9.31. The second-order valence-corrected chi connectivity index (χ2v) is 3.80. The fourth-order valence-electron chi connectivity index (χ4n) is 1.81. The minimum Gasteiger partial charge on any atom is -0.338 e. The van der Waals surface area contributed by atoms with E-state index in [1.807, 2.05) is 11.9 Å². The van der Waals surface area contributed by atoms with Gasteiger partial charge in [0.1, 0.15) is 0 Å². The summed E-state index contributed by atoms with van der Waals surface area (Å²) in [6.07, 6.45) is 1.99. The average molecular weight is 182 g/mol. The molecule has 1 aliphatic carbocycles. The van der Waals surface area contributed by atoms with E-state index in [-0.39, 0.29) is 11.4 Å². The van der Waals surface area contributed by atoms with Gasteiger partial charge in [-0.2, -0.15) is 0 Å². The molecule has 0 aromatic carbocycles. The Hall–Kier alpha value is -0.610. The van der Waals surface area contributed by atoms with E-state index in [9.17, 15) is 4.79 Å². The van der Waals surface area contributed by atoms with Gasteiger partial charge in [0.25, 0.3) is 0 Å². The van der Waals surface area contributed by atoms with Crippen LogP contribution in [0.3, 0.4) is 0 Å². The molecule has 1 heterocycles. The maximum atomic E-state index is 11.9. The van der Waals surface area contributed by atoms with E-state index in [0.29, 0.717) is 0 Å². The fraction of sp³-hybridized carbons (Fsp3) is 0.889. The van der Waals surface area contributed by atoms with Gasteiger partial charge in [-0.05, 0) is 19.9 Å². The number of rotatable bonds is 2. The molecule has 1 saturated carbocycles. The predicted octanol–water partition coefficient (Wildman–Crippen LogP) is -0.815. The van der Waals surface area contributed by atoms with Gasteiger partial charge in [0, 0.05) is 26.2 Å². The number of hydrogen-bond donors (Lipinski definition) is 1. The summed E-state index contributed by atoms with van der Waals surface area (Å²) >= 11 is 0. The zero-order valence-corrected chi connectivity index (χ0v) is 8.05. The third kappa shape index (κ3) is 1.56. The highest BCUT2D eigenvalue weighted by molar-refractivity contribution is 5.89. The second kappa shape index (κ2) is 3.27. The van der Waals surface area contributed by atoms with Gasteiger partial charge < -0.3 is 10.2 Å². The maximum Gasteiger partial charge on any atom is 0.242 e. The van der Waals surface area contributed by atoms with Crippen molar-refractivity contribution in [3.8, 4) is 0 Å². The van der Waals surface area contributed by atoms with Crippen molar-refractivity contribution in [1.82, 2.24) is 15.5 Å². The van der Waals surface area contributed by atoms with Crippen molar-refractivity contribution >= 4 is 5.91 Å². The standard InChI is InChI=1S/C9H16N3O/c1-10-9(2-3-9)8(13)12-6-4-11-5-7-12/h10H,2-7H2,1H3. The molecule has 4 heteroatoms. The molecule has 1 amide bonds. The average Bonchev–Trinajstić information content (AvgIpc) is 2.99. The SMILES string of the molecule is CNC1(C(=O)N2CC[N]CC2)CC1. The molecule has 0 spiro atoms. The van der Waals surface area contributed by atoms with Crippen LogP contribution in [0.25, 0.3) is 0 Å². The lowest BCUT2D eigenvalue weighted by atomic mass is 10.2. The zero-order valence-electron chi connectivity index (χ0n) is 8.05. The molecule has 2 aliphatic rings. The first-order chi connectivity index (χ1) is 6.28. The summed E-state index contributed by atoms with van der Waals surface area (Å²) in [6, 6.07) is 0. The molecule has 1 N–H and O–H groups in total. The quantitative estimate of drug-likeness (QED) is 0.607. The van der Waals surface area contributed by atoms with E-state index in [4.69, 9.17) is 0 Å². The topological polar surface area (TPSA) is 46.4 Å². The van der Waals surface area contributed by atoms with E-state index in [1.165, 1.54) is 0 Å². The minimum atomic E-state index is -0.197. The third-order valence-corrected chi connectivity index (χ3v) is 2.98. The van der Waals surface area contributed by atoms with Crippen molar-refractivity contribution in [2.45, 2.75) is 18.4 Å². The molecular formula is C9H16N3O. The van der Waals surface area contributed by atoms with Gasteiger partial charge in [-0.1, -0.05) is 0 Å². The number of carbonyl (C=O) groups excluding carboxylic acids is 1. The van der Waals surface area contributed by atoms with Crippen LogP contribution >= 0.6 is 0 Å². The first-order valence-corrected chi connectivity index (χ1v) is 4.90. The normalized spacial score (nSPS) is 25.8. The van der Waals surface area contributed by atoms with Crippen LogP contribution in [0.4, 0.5) is 0 Å². The highest BCUT2D eigenvalue weighted by Crippen LogP contribution is 2.36. The maximum absolute atomic E-state index is 11.9. The largest absolute Gasteiger partial charge is 0.338 e. The number of carbonyl (C=O) groups is 1. The van der Waals surface area contributed by atoms with Crippen molar-refractivity contribution in [1.29, 1.82) is 0 Å². The Bertz CT molecular complexity index is 207. The Morgan fingerprint density at radius 1 is 1.38 bits per heavy atom. The first-order valence-electron chi connectivity index (χ1n) is 4.90. The lowest BCUT2D eigenvalue weighted by molar-refractivity contribution is -0.135. The molecule has 1 radical (unpaired) electrons. The molecule has 0 aromatic heterocycles. The van der Waals surface area contributed by atoms with Crippen LogP contribution in [0.2, 0.25) is 0 Å². The van der Waals surface area contributed by atoms with Gasteiger partial charge in [-0.15, -0.1) is 0 Å². The van der Waals surface area contributed by atoms with E-state index in [0.717, 1.165) is 39.0 Å².